The van der Waals surface area contributed by atoms with Crippen LogP contribution in [0.15, 0.2) is 0 Å². The van der Waals surface area contributed by atoms with Crippen LogP contribution in [-0.2, 0) is 0 Å². The Labute approximate surface area is 61.2 Å². The minimum atomic E-state index is -0.960. The van der Waals surface area contributed by atoms with Gasteiger partial charge in [-0.2, -0.15) is 0 Å². The average Bonchev–Trinajstić information content (AvgIpc) is 1.67. The second kappa shape index (κ2) is 2.59. The molecule has 1 rings (SSSR count). The van der Waals surface area contributed by atoms with Gasteiger partial charge in [0, 0.05) is 11.0 Å². The first kappa shape index (κ1) is 6.91. The zero-order valence-corrected chi connectivity index (χ0v) is 7.30. The van der Waals surface area contributed by atoms with E-state index in [9.17, 15) is 0 Å². The second-order valence-corrected chi connectivity index (χ2v) is 8.76. The molecule has 1 heterocycles. The van der Waals surface area contributed by atoms with E-state index >= 15 is 0 Å². The molecule has 0 N–H and O–H groups in total. The molecule has 0 saturated carbocycles. The maximum absolute atomic E-state index is 5.74. The minimum Gasteiger partial charge on any atom is -0.130 e. The SMILES string of the molecule is ClC[Si]1(CCl)CCC1. The van der Waals surface area contributed by atoms with Gasteiger partial charge >= 0.3 is 0 Å². The topological polar surface area (TPSA) is 0 Å². The lowest BCUT2D eigenvalue weighted by atomic mass is 10.5. The van der Waals surface area contributed by atoms with E-state index in [0.717, 1.165) is 11.0 Å². The van der Waals surface area contributed by atoms with Crippen LogP contribution in [0.1, 0.15) is 6.42 Å². The van der Waals surface area contributed by atoms with Gasteiger partial charge in [0.2, 0.25) is 0 Å². The highest BCUT2D eigenvalue weighted by molar-refractivity contribution is 6.91. The Morgan fingerprint density at radius 1 is 1.12 bits per heavy atom. The van der Waals surface area contributed by atoms with Gasteiger partial charge in [-0.1, -0.05) is 18.5 Å². The van der Waals surface area contributed by atoms with Crippen LogP contribution >= 0.6 is 23.2 Å². The maximum Gasteiger partial charge on any atom is 0.0859 e. The molecule has 0 bridgehead atoms. The summed E-state index contributed by atoms with van der Waals surface area (Å²) in [4.78, 5) is 0. The zero-order chi connectivity index (χ0) is 6.04. The van der Waals surface area contributed by atoms with Crippen LogP contribution in [0, 0.1) is 0 Å². The molecule has 0 amide bonds. The average molecular weight is 169 g/mol. The van der Waals surface area contributed by atoms with E-state index in [4.69, 9.17) is 23.2 Å². The van der Waals surface area contributed by atoms with E-state index in [1.54, 1.807) is 0 Å². The highest BCUT2D eigenvalue weighted by Gasteiger charge is 2.37. The molecular weight excluding hydrogens is 159 g/mol. The van der Waals surface area contributed by atoms with Crippen LogP contribution in [0.5, 0.6) is 0 Å². The van der Waals surface area contributed by atoms with E-state index in [1.165, 1.54) is 18.5 Å². The summed E-state index contributed by atoms with van der Waals surface area (Å²) in [5.41, 5.74) is 1.77. The van der Waals surface area contributed by atoms with E-state index in [-0.39, 0.29) is 0 Å². The van der Waals surface area contributed by atoms with Crippen molar-refractivity contribution in [2.24, 2.45) is 0 Å². The summed E-state index contributed by atoms with van der Waals surface area (Å²) >= 11 is 11.5. The van der Waals surface area contributed by atoms with Gasteiger partial charge < -0.3 is 0 Å². The highest BCUT2D eigenvalue weighted by atomic mass is 35.5. The molecule has 1 saturated heterocycles. The molecule has 0 aromatic carbocycles. The molecule has 0 aromatic heterocycles. The number of halogens is 2. The van der Waals surface area contributed by atoms with Crippen LogP contribution in [0.4, 0.5) is 0 Å². The Bertz CT molecular complexity index is 67.0. The van der Waals surface area contributed by atoms with Crippen molar-refractivity contribution in [1.29, 1.82) is 0 Å². The van der Waals surface area contributed by atoms with Gasteiger partial charge in [-0.25, -0.2) is 0 Å². The lowest BCUT2D eigenvalue weighted by Gasteiger charge is -2.35. The lowest BCUT2D eigenvalue weighted by molar-refractivity contribution is 0.899. The fourth-order valence-electron chi connectivity index (χ4n) is 0.980. The van der Waals surface area contributed by atoms with Crippen molar-refractivity contribution in [1.82, 2.24) is 0 Å². The monoisotopic (exact) mass is 168 g/mol. The molecule has 48 valence electrons. The molecular formula is C5H10Cl2Si. The van der Waals surface area contributed by atoms with Gasteiger partial charge in [0.05, 0.1) is 8.07 Å². The minimum absolute atomic E-state index is 0.885. The first-order valence-corrected chi connectivity index (χ1v) is 6.85. The number of hydrogen-bond acceptors (Lipinski definition) is 0. The molecule has 1 aliphatic rings. The summed E-state index contributed by atoms with van der Waals surface area (Å²) in [6, 6.07) is 2.75. The Morgan fingerprint density at radius 2 is 1.62 bits per heavy atom. The van der Waals surface area contributed by atoms with Gasteiger partial charge in [0.25, 0.3) is 0 Å². The van der Waals surface area contributed by atoms with Crippen LogP contribution in [0.3, 0.4) is 0 Å². The van der Waals surface area contributed by atoms with Gasteiger partial charge in [-0.3, -0.25) is 0 Å². The zero-order valence-electron chi connectivity index (χ0n) is 4.79. The quantitative estimate of drug-likeness (QED) is 0.439. The molecule has 3 heteroatoms. The molecule has 0 aromatic rings. The summed E-state index contributed by atoms with van der Waals surface area (Å²) in [6.07, 6.45) is 1.38. The molecule has 1 fully saturated rings. The first-order chi connectivity index (χ1) is 3.83. The summed E-state index contributed by atoms with van der Waals surface area (Å²) in [5, 5.41) is 0. The Balaban J connectivity index is 2.33. The molecule has 0 atom stereocenters. The van der Waals surface area contributed by atoms with Crippen molar-refractivity contribution in [2.45, 2.75) is 18.5 Å². The number of alkyl halides is 2. The normalized spacial score (nSPS) is 24.8. The molecule has 0 aliphatic carbocycles. The summed E-state index contributed by atoms with van der Waals surface area (Å²) in [5.74, 6) is 0. The van der Waals surface area contributed by atoms with Crippen LogP contribution in [0.2, 0.25) is 12.1 Å². The van der Waals surface area contributed by atoms with Gasteiger partial charge in [0.1, 0.15) is 0 Å². The van der Waals surface area contributed by atoms with E-state index in [1.807, 2.05) is 0 Å². The lowest BCUT2D eigenvalue weighted by Crippen LogP contribution is -2.46. The molecule has 0 unspecified atom stereocenters. The summed E-state index contributed by atoms with van der Waals surface area (Å²) < 4.78 is 0. The largest absolute Gasteiger partial charge is 0.130 e. The van der Waals surface area contributed by atoms with Crippen LogP contribution in [0.25, 0.3) is 0 Å². The molecule has 1 aliphatic heterocycles. The number of rotatable bonds is 2. The predicted molar refractivity (Wildman–Crippen MR) is 41.4 cm³/mol. The molecule has 8 heavy (non-hydrogen) atoms. The molecule has 0 radical (unpaired) electrons. The third-order valence-corrected chi connectivity index (χ3v) is 9.35. The second-order valence-electron chi connectivity index (χ2n) is 2.62. The van der Waals surface area contributed by atoms with Gasteiger partial charge in [-0.05, 0) is 0 Å². The summed E-state index contributed by atoms with van der Waals surface area (Å²) in [6.45, 7) is 0. The van der Waals surface area contributed by atoms with Crippen LogP contribution < -0.4 is 0 Å². The fraction of sp³-hybridized carbons (Fsp3) is 1.00. The third kappa shape index (κ3) is 1.04. The van der Waals surface area contributed by atoms with Crippen molar-refractivity contribution in [3.8, 4) is 0 Å². The Morgan fingerprint density at radius 3 is 1.62 bits per heavy atom. The van der Waals surface area contributed by atoms with E-state index in [0.29, 0.717) is 0 Å². The third-order valence-electron chi connectivity index (χ3n) is 1.98. The van der Waals surface area contributed by atoms with E-state index in [2.05, 4.69) is 0 Å². The predicted octanol–water partition coefficient (Wildman–Crippen LogP) is 2.39. The van der Waals surface area contributed by atoms with Crippen molar-refractivity contribution < 1.29 is 0 Å². The Kier molecular flexibility index (Phi) is 2.24. The van der Waals surface area contributed by atoms with Crippen molar-refractivity contribution >= 4 is 31.3 Å². The molecule has 0 nitrogen and oxygen atoms in total. The van der Waals surface area contributed by atoms with Crippen molar-refractivity contribution in [3.05, 3.63) is 0 Å². The van der Waals surface area contributed by atoms with Crippen LogP contribution in [-0.4, -0.2) is 19.1 Å². The number of hydrogen-bond donors (Lipinski definition) is 0. The maximum atomic E-state index is 5.74. The summed E-state index contributed by atoms with van der Waals surface area (Å²) in [7, 11) is -0.960. The first-order valence-electron chi connectivity index (χ1n) is 2.95. The van der Waals surface area contributed by atoms with Crippen molar-refractivity contribution in [3.63, 3.8) is 0 Å². The smallest absolute Gasteiger partial charge is 0.0859 e. The van der Waals surface area contributed by atoms with Crippen molar-refractivity contribution in [2.75, 3.05) is 11.0 Å². The standard InChI is InChI=1S/C5H10Cl2Si/c6-4-8(5-7)2-1-3-8/h1-5H2. The Hall–Kier alpha value is 0.797. The van der Waals surface area contributed by atoms with Gasteiger partial charge in [0.15, 0.2) is 0 Å². The van der Waals surface area contributed by atoms with E-state index < -0.39 is 8.07 Å². The fourth-order valence-corrected chi connectivity index (χ4v) is 5.40. The molecule has 0 spiro atoms. The van der Waals surface area contributed by atoms with Gasteiger partial charge in [-0.15, -0.1) is 23.2 Å². The highest BCUT2D eigenvalue weighted by Crippen LogP contribution is 2.33.